The molecule has 0 radical (unpaired) electrons. The third-order valence-corrected chi connectivity index (χ3v) is 6.73. The fourth-order valence-corrected chi connectivity index (χ4v) is 5.08. The van der Waals surface area contributed by atoms with E-state index in [4.69, 9.17) is 11.6 Å². The molecule has 33 heavy (non-hydrogen) atoms. The largest absolute Gasteiger partial charge is 0.341 e. The highest BCUT2D eigenvalue weighted by Gasteiger charge is 2.23. The molecule has 0 spiro atoms. The summed E-state index contributed by atoms with van der Waals surface area (Å²) in [5.74, 6) is 1.66. The number of aromatic nitrogens is 5. The van der Waals surface area contributed by atoms with Gasteiger partial charge in [-0.3, -0.25) is 13.9 Å². The van der Waals surface area contributed by atoms with Gasteiger partial charge in [0.15, 0.2) is 5.16 Å². The molecule has 0 saturated carbocycles. The number of fused-ring (bicyclic) bond motifs is 1. The molecule has 4 aromatic rings. The Labute approximate surface area is 199 Å². The summed E-state index contributed by atoms with van der Waals surface area (Å²) in [5.41, 5.74) is 1.27. The molecule has 8 nitrogen and oxygen atoms in total. The number of anilines is 1. The molecule has 5 rings (SSSR count). The standard InChI is InChI=1S/C23H20ClN7OS/c24-16-6-5-7-17(14-16)31-22(29-11-3-4-12-29)27-28-23(31)33-15-20-26-19-9-2-1-8-18(19)21(32)30(20)13-10-25/h1-2,5-9,14H,3-4,11-13,15H2. The maximum Gasteiger partial charge on any atom is 0.262 e. The number of rotatable bonds is 6. The molecule has 0 unspecified atom stereocenters. The van der Waals surface area contributed by atoms with Crippen LogP contribution in [0.5, 0.6) is 0 Å². The summed E-state index contributed by atoms with van der Waals surface area (Å²) in [5, 5.41) is 20.0. The minimum Gasteiger partial charge on any atom is -0.341 e. The summed E-state index contributed by atoms with van der Waals surface area (Å²) < 4.78 is 3.42. The zero-order valence-corrected chi connectivity index (χ0v) is 19.3. The second-order valence-electron chi connectivity index (χ2n) is 7.68. The summed E-state index contributed by atoms with van der Waals surface area (Å²) in [7, 11) is 0. The third-order valence-electron chi connectivity index (χ3n) is 5.57. The predicted octanol–water partition coefficient (Wildman–Crippen LogP) is 4.05. The first-order chi connectivity index (χ1) is 16.2. The van der Waals surface area contributed by atoms with Crippen LogP contribution in [0.25, 0.3) is 16.6 Å². The van der Waals surface area contributed by atoms with Crippen molar-refractivity contribution in [3.8, 4) is 11.8 Å². The van der Waals surface area contributed by atoms with Crippen molar-refractivity contribution in [1.29, 1.82) is 5.26 Å². The first-order valence-corrected chi connectivity index (χ1v) is 12.0. The van der Waals surface area contributed by atoms with Gasteiger partial charge in [0.2, 0.25) is 5.95 Å². The fourth-order valence-electron chi connectivity index (χ4n) is 4.01. The van der Waals surface area contributed by atoms with Gasteiger partial charge in [-0.2, -0.15) is 5.26 Å². The first kappa shape index (κ1) is 21.5. The van der Waals surface area contributed by atoms with Crippen molar-refractivity contribution in [2.45, 2.75) is 30.3 Å². The molecule has 1 aliphatic rings. The van der Waals surface area contributed by atoms with Gasteiger partial charge < -0.3 is 4.90 Å². The number of hydrogen-bond acceptors (Lipinski definition) is 7. The average molecular weight is 478 g/mol. The quantitative estimate of drug-likeness (QED) is 0.387. The van der Waals surface area contributed by atoms with Crippen molar-refractivity contribution in [2.24, 2.45) is 0 Å². The number of hydrogen-bond donors (Lipinski definition) is 0. The van der Waals surface area contributed by atoms with Crippen LogP contribution >= 0.6 is 23.4 Å². The summed E-state index contributed by atoms with van der Waals surface area (Å²) in [6.45, 7) is 1.79. The van der Waals surface area contributed by atoms with Crippen molar-refractivity contribution in [1.82, 2.24) is 24.3 Å². The van der Waals surface area contributed by atoms with Crippen LogP contribution in [0.1, 0.15) is 18.7 Å². The van der Waals surface area contributed by atoms with E-state index in [1.54, 1.807) is 12.1 Å². The Morgan fingerprint density at radius 2 is 1.91 bits per heavy atom. The number of benzene rings is 2. The van der Waals surface area contributed by atoms with Crippen LogP contribution in [0.2, 0.25) is 5.02 Å². The van der Waals surface area contributed by atoms with Gasteiger partial charge in [-0.05, 0) is 43.2 Å². The van der Waals surface area contributed by atoms with Gasteiger partial charge in [-0.1, -0.05) is 41.6 Å². The number of halogens is 1. The Morgan fingerprint density at radius 3 is 2.70 bits per heavy atom. The van der Waals surface area contributed by atoms with Gasteiger partial charge in [0.1, 0.15) is 12.4 Å². The van der Waals surface area contributed by atoms with Gasteiger partial charge in [-0.15, -0.1) is 10.2 Å². The molecule has 10 heteroatoms. The Morgan fingerprint density at radius 1 is 1.09 bits per heavy atom. The molecule has 2 aromatic carbocycles. The molecule has 0 N–H and O–H groups in total. The van der Waals surface area contributed by atoms with Gasteiger partial charge in [0.05, 0.1) is 28.4 Å². The van der Waals surface area contributed by atoms with E-state index in [0.717, 1.165) is 37.6 Å². The molecule has 3 heterocycles. The Hall–Kier alpha value is -3.35. The van der Waals surface area contributed by atoms with Crippen LogP contribution in [0.15, 0.2) is 58.5 Å². The first-order valence-electron chi connectivity index (χ1n) is 10.6. The van der Waals surface area contributed by atoms with E-state index in [0.29, 0.717) is 32.7 Å². The zero-order valence-electron chi connectivity index (χ0n) is 17.7. The van der Waals surface area contributed by atoms with Crippen LogP contribution in [0, 0.1) is 11.3 Å². The van der Waals surface area contributed by atoms with E-state index in [9.17, 15) is 10.1 Å². The minimum atomic E-state index is -0.216. The SMILES string of the molecule is N#CCn1c(CSc2nnc(N3CCCC3)n2-c2cccc(Cl)c2)nc2ccccc2c1=O. The number of nitrogens with zero attached hydrogens (tertiary/aromatic N) is 7. The number of para-hydroxylation sites is 1. The maximum absolute atomic E-state index is 13.0. The molecular formula is C23H20ClN7OS. The minimum absolute atomic E-state index is 0.0629. The lowest BCUT2D eigenvalue weighted by molar-refractivity contribution is 0.729. The molecular weight excluding hydrogens is 458 g/mol. The summed E-state index contributed by atoms with van der Waals surface area (Å²) in [6, 6.07) is 16.8. The van der Waals surface area contributed by atoms with Crippen LogP contribution < -0.4 is 10.5 Å². The van der Waals surface area contributed by atoms with Gasteiger partial charge in [0.25, 0.3) is 5.56 Å². The summed E-state index contributed by atoms with van der Waals surface area (Å²) in [6.07, 6.45) is 2.23. The van der Waals surface area contributed by atoms with E-state index in [-0.39, 0.29) is 12.1 Å². The van der Waals surface area contributed by atoms with Crippen molar-refractivity contribution >= 4 is 40.2 Å². The second kappa shape index (κ2) is 9.25. The van der Waals surface area contributed by atoms with Crippen LogP contribution in [-0.2, 0) is 12.3 Å². The van der Waals surface area contributed by atoms with Crippen LogP contribution in [-0.4, -0.2) is 37.4 Å². The molecule has 0 amide bonds. The lowest BCUT2D eigenvalue weighted by atomic mass is 10.2. The molecule has 0 aliphatic carbocycles. The normalized spacial score (nSPS) is 13.5. The van der Waals surface area contributed by atoms with Crippen molar-refractivity contribution in [2.75, 3.05) is 18.0 Å². The summed E-state index contributed by atoms with van der Waals surface area (Å²) >= 11 is 7.70. The molecule has 166 valence electrons. The third kappa shape index (κ3) is 4.19. The Kier molecular flexibility index (Phi) is 6.03. The molecule has 0 bridgehead atoms. The van der Waals surface area contributed by atoms with Gasteiger partial charge >= 0.3 is 0 Å². The lowest BCUT2D eigenvalue weighted by Crippen LogP contribution is -2.25. The second-order valence-corrected chi connectivity index (χ2v) is 9.05. The molecule has 1 aliphatic heterocycles. The maximum atomic E-state index is 13.0. The predicted molar refractivity (Wildman–Crippen MR) is 129 cm³/mol. The molecule has 2 aromatic heterocycles. The monoisotopic (exact) mass is 477 g/mol. The molecule has 1 saturated heterocycles. The fraction of sp³-hybridized carbons (Fsp3) is 0.261. The highest BCUT2D eigenvalue weighted by molar-refractivity contribution is 7.98. The Balaban J connectivity index is 1.54. The average Bonchev–Trinajstić information content (AvgIpc) is 3.50. The van der Waals surface area contributed by atoms with E-state index in [1.807, 2.05) is 41.0 Å². The van der Waals surface area contributed by atoms with Crippen molar-refractivity contribution in [3.05, 3.63) is 69.7 Å². The highest BCUT2D eigenvalue weighted by atomic mass is 35.5. The summed E-state index contributed by atoms with van der Waals surface area (Å²) in [4.78, 5) is 19.9. The lowest BCUT2D eigenvalue weighted by Gasteiger charge is -2.18. The van der Waals surface area contributed by atoms with E-state index in [1.165, 1.54) is 16.3 Å². The highest BCUT2D eigenvalue weighted by Crippen LogP contribution is 2.31. The van der Waals surface area contributed by atoms with Crippen LogP contribution in [0.3, 0.4) is 0 Å². The van der Waals surface area contributed by atoms with E-state index < -0.39 is 0 Å². The smallest absolute Gasteiger partial charge is 0.262 e. The number of thioether (sulfide) groups is 1. The van der Waals surface area contributed by atoms with Crippen LogP contribution in [0.4, 0.5) is 5.95 Å². The van der Waals surface area contributed by atoms with Crippen molar-refractivity contribution in [3.63, 3.8) is 0 Å². The van der Waals surface area contributed by atoms with E-state index >= 15 is 0 Å². The molecule has 0 atom stereocenters. The zero-order chi connectivity index (χ0) is 22.8. The Bertz CT molecular complexity index is 1420. The van der Waals surface area contributed by atoms with Gasteiger partial charge in [-0.25, -0.2) is 4.98 Å². The van der Waals surface area contributed by atoms with E-state index in [2.05, 4.69) is 26.2 Å². The number of nitriles is 1. The topological polar surface area (TPSA) is 92.6 Å². The van der Waals surface area contributed by atoms with Gasteiger partial charge in [0, 0.05) is 18.1 Å². The van der Waals surface area contributed by atoms with Crippen molar-refractivity contribution < 1.29 is 0 Å². The molecule has 1 fully saturated rings.